The van der Waals surface area contributed by atoms with Crippen LogP contribution in [0.3, 0.4) is 0 Å². The summed E-state index contributed by atoms with van der Waals surface area (Å²) in [6.45, 7) is 1.09. The van der Waals surface area contributed by atoms with Crippen molar-refractivity contribution in [1.82, 2.24) is 5.43 Å². The number of carbonyl (C=O) groups is 2. The van der Waals surface area contributed by atoms with E-state index in [0.29, 0.717) is 7.11 Å². The predicted molar refractivity (Wildman–Crippen MR) is 47.8 cm³/mol. The molecule has 17 heavy (non-hydrogen) atoms. The first-order valence-electron chi connectivity index (χ1n) is 4.37. The number of hydrogen-bond donors (Lipinski definition) is 2. The summed E-state index contributed by atoms with van der Waals surface area (Å²) in [5, 5.41) is 12.8. The van der Waals surface area contributed by atoms with Gasteiger partial charge in [-0.2, -0.15) is 18.3 Å². The summed E-state index contributed by atoms with van der Waals surface area (Å²) in [4.78, 5) is 22.3. The van der Waals surface area contributed by atoms with E-state index in [4.69, 9.17) is 0 Å². The minimum absolute atomic E-state index is 0.347. The number of aliphatic hydroxyl groups is 1. The Morgan fingerprint density at radius 1 is 1.53 bits per heavy atom. The van der Waals surface area contributed by atoms with E-state index in [1.165, 1.54) is 0 Å². The Morgan fingerprint density at radius 2 is 2.06 bits per heavy atom. The molecule has 6 nitrogen and oxygen atoms in total. The molecule has 0 spiro atoms. The van der Waals surface area contributed by atoms with E-state index in [1.54, 1.807) is 5.43 Å². The zero-order valence-electron chi connectivity index (χ0n) is 8.83. The zero-order valence-corrected chi connectivity index (χ0v) is 8.83. The first-order chi connectivity index (χ1) is 7.66. The van der Waals surface area contributed by atoms with Crippen molar-refractivity contribution in [2.75, 3.05) is 7.11 Å². The molecule has 0 bridgehead atoms. The molecule has 0 fully saturated rings. The Bertz CT molecular complexity index is 393. The maximum atomic E-state index is 12.8. The average molecular weight is 254 g/mol. The van der Waals surface area contributed by atoms with Crippen LogP contribution < -0.4 is 5.43 Å². The third kappa shape index (κ3) is 1.86. The lowest BCUT2D eigenvalue weighted by Crippen LogP contribution is -2.61. The molecule has 1 heterocycles. The molecule has 1 aliphatic heterocycles. The molecule has 0 unspecified atom stereocenters. The second-order valence-electron chi connectivity index (χ2n) is 3.42. The second kappa shape index (κ2) is 3.99. The SMILES string of the molecule is COC(=O)[C@](O)([C@H]1C(=O)NN=C1C)C(F)(F)F. The lowest BCUT2D eigenvalue weighted by Gasteiger charge is -2.31. The van der Waals surface area contributed by atoms with Crippen LogP contribution in [-0.4, -0.2) is 41.6 Å². The summed E-state index contributed by atoms with van der Waals surface area (Å²) in [5.74, 6) is -5.32. The fraction of sp³-hybridized carbons (Fsp3) is 0.625. The molecule has 0 aliphatic carbocycles. The number of halogens is 3. The van der Waals surface area contributed by atoms with Crippen LogP contribution in [0.5, 0.6) is 0 Å². The van der Waals surface area contributed by atoms with Gasteiger partial charge >= 0.3 is 12.1 Å². The van der Waals surface area contributed by atoms with Gasteiger partial charge in [-0.15, -0.1) is 0 Å². The number of hydrazone groups is 1. The minimum atomic E-state index is -5.36. The first kappa shape index (κ1) is 13.4. The summed E-state index contributed by atoms with van der Waals surface area (Å²) in [7, 11) is 0.679. The summed E-state index contributed by atoms with van der Waals surface area (Å²) >= 11 is 0. The molecule has 9 heteroatoms. The van der Waals surface area contributed by atoms with Gasteiger partial charge in [-0.3, -0.25) is 4.79 Å². The van der Waals surface area contributed by atoms with Crippen molar-refractivity contribution >= 4 is 17.6 Å². The highest BCUT2D eigenvalue weighted by Crippen LogP contribution is 2.39. The van der Waals surface area contributed by atoms with Gasteiger partial charge in [-0.05, 0) is 6.92 Å². The van der Waals surface area contributed by atoms with Gasteiger partial charge in [-0.1, -0.05) is 0 Å². The highest BCUT2D eigenvalue weighted by molar-refractivity contribution is 6.11. The van der Waals surface area contributed by atoms with Crippen molar-refractivity contribution in [3.63, 3.8) is 0 Å². The number of hydrogen-bond acceptors (Lipinski definition) is 5. The molecule has 0 radical (unpaired) electrons. The Kier molecular flexibility index (Phi) is 3.15. The van der Waals surface area contributed by atoms with Crippen molar-refractivity contribution in [1.29, 1.82) is 0 Å². The fourth-order valence-electron chi connectivity index (χ4n) is 1.51. The molecule has 1 amide bonds. The molecule has 96 valence electrons. The highest BCUT2D eigenvalue weighted by Gasteiger charge is 2.68. The summed E-state index contributed by atoms with van der Waals surface area (Å²) in [6, 6.07) is 0. The second-order valence-corrected chi connectivity index (χ2v) is 3.42. The van der Waals surface area contributed by atoms with E-state index in [2.05, 4.69) is 9.84 Å². The molecule has 0 saturated carbocycles. The maximum absolute atomic E-state index is 12.8. The number of nitrogens with zero attached hydrogens (tertiary/aromatic N) is 1. The van der Waals surface area contributed by atoms with Gasteiger partial charge in [0.2, 0.25) is 0 Å². The van der Waals surface area contributed by atoms with Gasteiger partial charge < -0.3 is 9.84 Å². The Labute approximate surface area is 93.4 Å². The van der Waals surface area contributed by atoms with E-state index in [-0.39, 0.29) is 5.71 Å². The molecule has 0 aromatic carbocycles. The molecule has 1 aliphatic rings. The minimum Gasteiger partial charge on any atom is -0.467 e. The van der Waals surface area contributed by atoms with Gasteiger partial charge in [0.05, 0.1) is 12.8 Å². The Hall–Kier alpha value is -1.64. The van der Waals surface area contributed by atoms with Crippen LogP contribution in [0.25, 0.3) is 0 Å². The number of amides is 1. The van der Waals surface area contributed by atoms with Gasteiger partial charge in [0.1, 0.15) is 5.92 Å². The maximum Gasteiger partial charge on any atom is 0.429 e. The van der Waals surface area contributed by atoms with Crippen LogP contribution in [-0.2, 0) is 14.3 Å². The zero-order chi connectivity index (χ0) is 13.4. The number of nitrogens with one attached hydrogen (secondary N) is 1. The van der Waals surface area contributed by atoms with Gasteiger partial charge in [0, 0.05) is 0 Å². The van der Waals surface area contributed by atoms with E-state index < -0.39 is 29.6 Å². The fourth-order valence-corrected chi connectivity index (χ4v) is 1.51. The summed E-state index contributed by atoms with van der Waals surface area (Å²) < 4.78 is 42.2. The average Bonchev–Trinajstić information content (AvgIpc) is 2.55. The van der Waals surface area contributed by atoms with E-state index in [9.17, 15) is 27.9 Å². The number of alkyl halides is 3. The normalized spacial score (nSPS) is 23.8. The molecule has 0 aromatic heterocycles. The largest absolute Gasteiger partial charge is 0.467 e. The van der Waals surface area contributed by atoms with E-state index in [1.807, 2.05) is 0 Å². The molecule has 2 atom stereocenters. The van der Waals surface area contributed by atoms with Crippen molar-refractivity contribution in [3.8, 4) is 0 Å². The third-order valence-corrected chi connectivity index (χ3v) is 2.37. The van der Waals surface area contributed by atoms with Crippen LogP contribution in [0.2, 0.25) is 0 Å². The first-order valence-corrected chi connectivity index (χ1v) is 4.37. The van der Waals surface area contributed by atoms with Crippen molar-refractivity contribution < 1.29 is 32.6 Å². The molecule has 1 rings (SSSR count). The number of ether oxygens (including phenoxy) is 1. The number of methoxy groups -OCH3 is 1. The lowest BCUT2D eigenvalue weighted by atomic mass is 9.83. The number of esters is 1. The summed E-state index contributed by atoms with van der Waals surface area (Å²) in [6.07, 6.45) is -5.36. The standard InChI is InChI=1S/C8H9F3N2O4/c1-3-4(5(14)13-12-3)7(16,6(15)17-2)8(9,10)11/h4,16H,1-2H3,(H,13,14)/t4-,7-/m1/s1. The lowest BCUT2D eigenvalue weighted by molar-refractivity contribution is -0.268. The Balaban J connectivity index is 3.30. The van der Waals surface area contributed by atoms with Gasteiger partial charge in [0.25, 0.3) is 11.5 Å². The topological polar surface area (TPSA) is 88.0 Å². The molecule has 2 N–H and O–H groups in total. The molecule has 0 saturated heterocycles. The van der Waals surface area contributed by atoms with Crippen LogP contribution in [0.4, 0.5) is 13.2 Å². The van der Waals surface area contributed by atoms with Crippen LogP contribution in [0, 0.1) is 5.92 Å². The van der Waals surface area contributed by atoms with Crippen LogP contribution in [0.1, 0.15) is 6.92 Å². The third-order valence-electron chi connectivity index (χ3n) is 2.37. The van der Waals surface area contributed by atoms with Crippen molar-refractivity contribution in [2.24, 2.45) is 11.0 Å². The van der Waals surface area contributed by atoms with Crippen molar-refractivity contribution in [2.45, 2.75) is 18.7 Å². The van der Waals surface area contributed by atoms with Crippen LogP contribution in [0.15, 0.2) is 5.10 Å². The van der Waals surface area contributed by atoms with Crippen LogP contribution >= 0.6 is 0 Å². The summed E-state index contributed by atoms with van der Waals surface area (Å²) in [5.41, 5.74) is -2.52. The van der Waals surface area contributed by atoms with Crippen molar-refractivity contribution in [3.05, 3.63) is 0 Å². The Morgan fingerprint density at radius 3 is 2.35 bits per heavy atom. The molecular formula is C8H9F3N2O4. The smallest absolute Gasteiger partial charge is 0.429 e. The monoisotopic (exact) mass is 254 g/mol. The van der Waals surface area contributed by atoms with E-state index in [0.717, 1.165) is 6.92 Å². The highest BCUT2D eigenvalue weighted by atomic mass is 19.4. The predicted octanol–water partition coefficient (Wildman–Crippen LogP) is -0.425. The number of carbonyl (C=O) groups excluding carboxylic acids is 2. The van der Waals surface area contributed by atoms with Gasteiger partial charge in [0.15, 0.2) is 0 Å². The van der Waals surface area contributed by atoms with Gasteiger partial charge in [-0.25, -0.2) is 10.2 Å². The van der Waals surface area contributed by atoms with E-state index >= 15 is 0 Å². The quantitative estimate of drug-likeness (QED) is 0.655. The molecular weight excluding hydrogens is 245 g/mol. The molecule has 0 aromatic rings. The number of rotatable bonds is 2.